The van der Waals surface area contributed by atoms with Gasteiger partial charge in [0.1, 0.15) is 13.2 Å². The first-order valence-electron chi connectivity index (χ1n) is 6.40. The summed E-state index contributed by atoms with van der Waals surface area (Å²) in [5, 5.41) is 9.46. The first-order valence-corrected chi connectivity index (χ1v) is 6.40. The Bertz CT molecular complexity index is 819. The highest BCUT2D eigenvalue weighted by atomic mass is 16.6. The second-order valence-corrected chi connectivity index (χ2v) is 4.69. The normalized spacial score (nSPS) is 13.8. The van der Waals surface area contributed by atoms with Gasteiger partial charge in [-0.05, 0) is 18.2 Å². The van der Waals surface area contributed by atoms with Gasteiger partial charge in [-0.3, -0.25) is 4.79 Å². The molecule has 1 N–H and O–H groups in total. The summed E-state index contributed by atoms with van der Waals surface area (Å²) in [6, 6.07) is 5.20. The molecule has 0 saturated heterocycles. The van der Waals surface area contributed by atoms with Crippen molar-refractivity contribution in [3.8, 4) is 11.5 Å². The second-order valence-electron chi connectivity index (χ2n) is 4.69. The molecule has 3 rings (SSSR count). The number of aryl methyl sites for hydroxylation is 1. The maximum absolute atomic E-state index is 12.2. The molecule has 0 fully saturated rings. The quantitative estimate of drug-likeness (QED) is 0.845. The van der Waals surface area contributed by atoms with Gasteiger partial charge in [0.25, 0.3) is 5.56 Å². The van der Waals surface area contributed by atoms with Gasteiger partial charge in [0.2, 0.25) is 0 Å². The van der Waals surface area contributed by atoms with Crippen molar-refractivity contribution in [1.29, 1.82) is 0 Å². The number of aliphatic carboxylic acids is 1. The van der Waals surface area contributed by atoms with Gasteiger partial charge in [-0.2, -0.15) is 0 Å². The minimum Gasteiger partial charge on any atom is -0.486 e. The summed E-state index contributed by atoms with van der Waals surface area (Å²) in [5.41, 5.74) is 0.748. The minimum atomic E-state index is -1.10. The van der Waals surface area contributed by atoms with E-state index < -0.39 is 5.97 Å². The predicted molar refractivity (Wildman–Crippen MR) is 76.8 cm³/mol. The van der Waals surface area contributed by atoms with Gasteiger partial charge in [-0.15, -0.1) is 0 Å². The molecule has 0 unspecified atom stereocenters. The third kappa shape index (κ3) is 2.35. The zero-order valence-corrected chi connectivity index (χ0v) is 11.3. The predicted octanol–water partition coefficient (Wildman–Crippen LogP) is 1.41. The van der Waals surface area contributed by atoms with Crippen molar-refractivity contribution in [1.82, 2.24) is 4.57 Å². The summed E-state index contributed by atoms with van der Waals surface area (Å²) in [6.45, 7) is 0.960. The van der Waals surface area contributed by atoms with Crippen LogP contribution in [0.25, 0.3) is 17.0 Å². The van der Waals surface area contributed by atoms with Crippen LogP contribution in [0.3, 0.4) is 0 Å². The summed E-state index contributed by atoms with van der Waals surface area (Å²) in [6.07, 6.45) is 2.24. The summed E-state index contributed by atoms with van der Waals surface area (Å²) in [5.74, 6) is 0.137. The number of pyridine rings is 1. The Morgan fingerprint density at radius 1 is 1.24 bits per heavy atom. The number of aromatic nitrogens is 1. The van der Waals surface area contributed by atoms with E-state index in [2.05, 4.69) is 0 Å². The van der Waals surface area contributed by atoms with Crippen LogP contribution < -0.4 is 15.0 Å². The van der Waals surface area contributed by atoms with Crippen molar-refractivity contribution in [3.63, 3.8) is 0 Å². The van der Waals surface area contributed by atoms with Crippen LogP contribution in [0.15, 0.2) is 29.1 Å². The number of hydrogen-bond donors (Lipinski definition) is 1. The maximum atomic E-state index is 12.2. The lowest BCUT2D eigenvalue weighted by Gasteiger charge is -2.19. The molecule has 1 aromatic heterocycles. The number of fused-ring (bicyclic) bond motifs is 2. The SMILES string of the molecule is Cn1c(=O)c(/C=C/C(=O)O)cc2cc3c(cc21)OCCO3. The van der Waals surface area contributed by atoms with Crippen molar-refractivity contribution in [2.45, 2.75) is 0 Å². The topological polar surface area (TPSA) is 77.8 Å². The Balaban J connectivity index is 2.23. The molecular weight excluding hydrogens is 274 g/mol. The summed E-state index contributed by atoms with van der Waals surface area (Å²) in [7, 11) is 1.64. The summed E-state index contributed by atoms with van der Waals surface area (Å²) < 4.78 is 12.5. The Hall–Kier alpha value is -2.76. The molecule has 108 valence electrons. The summed E-state index contributed by atoms with van der Waals surface area (Å²) >= 11 is 0. The molecular formula is C15H13NO5. The zero-order valence-electron chi connectivity index (χ0n) is 11.3. The minimum absolute atomic E-state index is 0.267. The van der Waals surface area contributed by atoms with Crippen LogP contribution in [-0.2, 0) is 11.8 Å². The van der Waals surface area contributed by atoms with E-state index in [0.29, 0.717) is 35.8 Å². The van der Waals surface area contributed by atoms with Crippen molar-refractivity contribution >= 4 is 22.9 Å². The molecule has 0 aliphatic carbocycles. The van der Waals surface area contributed by atoms with Crippen LogP contribution in [0.4, 0.5) is 0 Å². The Morgan fingerprint density at radius 2 is 1.90 bits per heavy atom. The number of hydrogen-bond acceptors (Lipinski definition) is 4. The molecule has 1 aromatic carbocycles. The van der Waals surface area contributed by atoms with Crippen molar-refractivity contribution < 1.29 is 19.4 Å². The molecule has 2 heterocycles. The first-order chi connectivity index (χ1) is 10.1. The van der Waals surface area contributed by atoms with Crippen LogP contribution in [0, 0.1) is 0 Å². The second kappa shape index (κ2) is 4.97. The number of rotatable bonds is 2. The Morgan fingerprint density at radius 3 is 2.57 bits per heavy atom. The van der Waals surface area contributed by atoms with E-state index in [1.165, 1.54) is 10.6 Å². The lowest BCUT2D eigenvalue weighted by molar-refractivity contribution is -0.131. The van der Waals surface area contributed by atoms with Crippen LogP contribution in [0.1, 0.15) is 5.56 Å². The molecule has 0 spiro atoms. The highest BCUT2D eigenvalue weighted by Crippen LogP contribution is 2.34. The highest BCUT2D eigenvalue weighted by Gasteiger charge is 2.15. The molecule has 21 heavy (non-hydrogen) atoms. The van der Waals surface area contributed by atoms with Gasteiger partial charge < -0.3 is 19.1 Å². The fourth-order valence-electron chi connectivity index (χ4n) is 2.31. The average Bonchev–Trinajstić information content (AvgIpc) is 2.48. The maximum Gasteiger partial charge on any atom is 0.328 e. The zero-order chi connectivity index (χ0) is 15.0. The van der Waals surface area contributed by atoms with Gasteiger partial charge in [-0.1, -0.05) is 0 Å². The molecule has 1 aliphatic rings. The van der Waals surface area contributed by atoms with Crippen molar-refractivity contribution in [3.05, 3.63) is 40.2 Å². The molecule has 0 atom stereocenters. The van der Waals surface area contributed by atoms with E-state index in [0.717, 1.165) is 11.5 Å². The summed E-state index contributed by atoms with van der Waals surface area (Å²) in [4.78, 5) is 22.8. The molecule has 0 amide bonds. The van der Waals surface area contributed by atoms with Gasteiger partial charge >= 0.3 is 5.97 Å². The number of nitrogens with zero attached hydrogens (tertiary/aromatic N) is 1. The van der Waals surface area contributed by atoms with Gasteiger partial charge in [0.15, 0.2) is 11.5 Å². The largest absolute Gasteiger partial charge is 0.486 e. The van der Waals surface area contributed by atoms with E-state index in [1.807, 2.05) is 0 Å². The van der Waals surface area contributed by atoms with Crippen molar-refractivity contribution in [2.75, 3.05) is 13.2 Å². The lowest BCUT2D eigenvalue weighted by Crippen LogP contribution is -2.20. The highest BCUT2D eigenvalue weighted by molar-refractivity contribution is 5.88. The van der Waals surface area contributed by atoms with Crippen LogP contribution in [0.2, 0.25) is 0 Å². The van der Waals surface area contributed by atoms with Crippen LogP contribution in [0.5, 0.6) is 11.5 Å². The van der Waals surface area contributed by atoms with E-state index in [4.69, 9.17) is 14.6 Å². The fraction of sp³-hybridized carbons (Fsp3) is 0.200. The monoisotopic (exact) mass is 287 g/mol. The lowest BCUT2D eigenvalue weighted by atomic mass is 10.1. The van der Waals surface area contributed by atoms with E-state index in [1.54, 1.807) is 25.2 Å². The van der Waals surface area contributed by atoms with E-state index >= 15 is 0 Å². The van der Waals surface area contributed by atoms with Crippen LogP contribution in [-0.4, -0.2) is 28.9 Å². The number of carbonyl (C=O) groups is 1. The molecule has 6 nitrogen and oxygen atoms in total. The molecule has 0 saturated carbocycles. The standard InChI is InChI=1S/C15H13NO5/c1-16-11-8-13-12(20-4-5-21-13)7-10(11)6-9(15(16)19)2-3-14(17)18/h2-3,6-8H,4-5H2,1H3,(H,17,18)/b3-2+. The average molecular weight is 287 g/mol. The molecule has 1 aliphatic heterocycles. The van der Waals surface area contributed by atoms with Crippen molar-refractivity contribution in [2.24, 2.45) is 7.05 Å². The number of benzene rings is 1. The molecule has 0 radical (unpaired) electrons. The fourth-order valence-corrected chi connectivity index (χ4v) is 2.31. The number of carboxylic acid groups (broad SMARTS) is 1. The number of ether oxygens (including phenoxy) is 2. The van der Waals surface area contributed by atoms with Gasteiger partial charge in [-0.25, -0.2) is 4.79 Å². The Labute approximate surface area is 119 Å². The number of carboxylic acids is 1. The third-order valence-corrected chi connectivity index (χ3v) is 3.32. The Kier molecular flexibility index (Phi) is 3.13. The smallest absolute Gasteiger partial charge is 0.328 e. The third-order valence-electron chi connectivity index (χ3n) is 3.32. The molecule has 0 bridgehead atoms. The molecule has 2 aromatic rings. The van der Waals surface area contributed by atoms with Crippen LogP contribution >= 0.6 is 0 Å². The first kappa shape index (κ1) is 13.2. The van der Waals surface area contributed by atoms with Gasteiger partial charge in [0.05, 0.1) is 5.52 Å². The van der Waals surface area contributed by atoms with E-state index in [-0.39, 0.29) is 5.56 Å². The van der Waals surface area contributed by atoms with Gasteiger partial charge in [0, 0.05) is 30.1 Å². The van der Waals surface area contributed by atoms with E-state index in [9.17, 15) is 9.59 Å². The molecule has 6 heteroatoms.